The van der Waals surface area contributed by atoms with Crippen LogP contribution in [0.3, 0.4) is 0 Å². The Kier molecular flexibility index (Phi) is 6.18. The van der Waals surface area contributed by atoms with Crippen LogP contribution in [-0.4, -0.2) is 47.2 Å². The van der Waals surface area contributed by atoms with Crippen molar-refractivity contribution in [3.8, 4) is 11.5 Å². The van der Waals surface area contributed by atoms with E-state index in [1.54, 1.807) is 23.5 Å². The summed E-state index contributed by atoms with van der Waals surface area (Å²) in [5.74, 6) is 0.770. The molecule has 0 radical (unpaired) electrons. The van der Waals surface area contributed by atoms with Gasteiger partial charge in [0.25, 0.3) is 0 Å². The predicted molar refractivity (Wildman–Crippen MR) is 103 cm³/mol. The number of sulfonamides is 1. The largest absolute Gasteiger partial charge is 0.497 e. The van der Waals surface area contributed by atoms with E-state index < -0.39 is 10.0 Å². The normalized spacial score (nSPS) is 16.5. The van der Waals surface area contributed by atoms with E-state index in [0.717, 1.165) is 31.5 Å². The van der Waals surface area contributed by atoms with Crippen molar-refractivity contribution in [3.05, 3.63) is 40.6 Å². The molecule has 6 nitrogen and oxygen atoms in total. The summed E-state index contributed by atoms with van der Waals surface area (Å²) in [6.07, 6.45) is 2.30. The van der Waals surface area contributed by atoms with Crippen molar-refractivity contribution < 1.29 is 17.9 Å². The van der Waals surface area contributed by atoms with Crippen LogP contribution in [0, 0.1) is 0 Å². The number of nitrogens with one attached hydrogen (secondary N) is 1. The van der Waals surface area contributed by atoms with E-state index in [9.17, 15) is 8.42 Å². The molecular weight excluding hydrogens is 372 g/mol. The molecule has 2 aromatic rings. The number of hydrogen-bond donors (Lipinski definition) is 1. The Balaban J connectivity index is 1.82. The summed E-state index contributed by atoms with van der Waals surface area (Å²) in [5.41, 5.74) is 1.15. The van der Waals surface area contributed by atoms with E-state index >= 15 is 0 Å². The van der Waals surface area contributed by atoms with E-state index in [-0.39, 0.29) is 10.9 Å². The van der Waals surface area contributed by atoms with Crippen LogP contribution in [0.1, 0.15) is 24.4 Å². The van der Waals surface area contributed by atoms with Gasteiger partial charge in [0.2, 0.25) is 10.0 Å². The summed E-state index contributed by atoms with van der Waals surface area (Å²) in [7, 11) is -0.766. The highest BCUT2D eigenvalue weighted by molar-refractivity contribution is 7.89. The minimum atomic E-state index is -3.73. The van der Waals surface area contributed by atoms with Gasteiger partial charge in [0.1, 0.15) is 16.4 Å². The van der Waals surface area contributed by atoms with Crippen molar-refractivity contribution in [2.45, 2.75) is 23.8 Å². The highest BCUT2D eigenvalue weighted by Crippen LogP contribution is 2.30. The topological polar surface area (TPSA) is 67.9 Å². The van der Waals surface area contributed by atoms with E-state index in [2.05, 4.69) is 21.1 Å². The maximum absolute atomic E-state index is 12.9. The van der Waals surface area contributed by atoms with Crippen molar-refractivity contribution >= 4 is 21.4 Å². The number of rotatable bonds is 8. The van der Waals surface area contributed by atoms with Crippen molar-refractivity contribution in [2.75, 3.05) is 33.9 Å². The Morgan fingerprint density at radius 3 is 2.58 bits per heavy atom. The van der Waals surface area contributed by atoms with Gasteiger partial charge < -0.3 is 9.47 Å². The molecule has 0 amide bonds. The fourth-order valence-electron chi connectivity index (χ4n) is 3.24. The molecule has 1 atom stereocenters. The number of thiophene rings is 1. The maximum atomic E-state index is 12.9. The Bertz CT molecular complexity index is 816. The smallest absolute Gasteiger partial charge is 0.244 e. The summed E-state index contributed by atoms with van der Waals surface area (Å²) < 4.78 is 39.0. The third kappa shape index (κ3) is 4.20. The van der Waals surface area contributed by atoms with Crippen LogP contribution in [0.2, 0.25) is 0 Å². The van der Waals surface area contributed by atoms with Gasteiger partial charge in [-0.2, -0.15) is 11.3 Å². The van der Waals surface area contributed by atoms with Gasteiger partial charge in [-0.15, -0.1) is 0 Å². The van der Waals surface area contributed by atoms with Crippen LogP contribution in [-0.2, 0) is 10.0 Å². The molecule has 3 rings (SSSR count). The van der Waals surface area contributed by atoms with Gasteiger partial charge in [-0.3, -0.25) is 4.90 Å². The zero-order chi connectivity index (χ0) is 18.6. The Morgan fingerprint density at radius 1 is 1.19 bits per heavy atom. The zero-order valence-electron chi connectivity index (χ0n) is 15.0. The van der Waals surface area contributed by atoms with E-state index in [4.69, 9.17) is 9.47 Å². The van der Waals surface area contributed by atoms with Gasteiger partial charge in [-0.25, -0.2) is 13.1 Å². The molecule has 8 heteroatoms. The van der Waals surface area contributed by atoms with Crippen molar-refractivity contribution in [1.82, 2.24) is 9.62 Å². The lowest BCUT2D eigenvalue weighted by Crippen LogP contribution is -2.36. The molecule has 2 heterocycles. The van der Waals surface area contributed by atoms with Gasteiger partial charge in [0, 0.05) is 18.7 Å². The van der Waals surface area contributed by atoms with Gasteiger partial charge >= 0.3 is 0 Å². The Morgan fingerprint density at radius 2 is 1.96 bits per heavy atom. The molecular formula is C18H24N2O4S2. The minimum Gasteiger partial charge on any atom is -0.497 e. The van der Waals surface area contributed by atoms with Gasteiger partial charge in [-0.1, -0.05) is 0 Å². The lowest BCUT2D eigenvalue weighted by Gasteiger charge is -2.27. The van der Waals surface area contributed by atoms with Crippen LogP contribution in [0.5, 0.6) is 11.5 Å². The van der Waals surface area contributed by atoms with Crippen molar-refractivity contribution in [1.29, 1.82) is 0 Å². The predicted octanol–water partition coefficient (Wildman–Crippen LogP) is 2.88. The number of benzene rings is 1. The second-order valence-electron chi connectivity index (χ2n) is 6.18. The molecule has 0 spiro atoms. The summed E-state index contributed by atoms with van der Waals surface area (Å²) >= 11 is 1.63. The number of methoxy groups -OCH3 is 2. The van der Waals surface area contributed by atoms with Crippen molar-refractivity contribution in [3.63, 3.8) is 0 Å². The summed E-state index contributed by atoms with van der Waals surface area (Å²) in [6.45, 7) is 2.30. The SMILES string of the molecule is COc1ccc(OC)c(S(=O)(=O)NC[C@@H](c2ccsc2)N2CCCC2)c1. The molecule has 1 saturated heterocycles. The number of ether oxygens (including phenoxy) is 2. The van der Waals surface area contributed by atoms with Crippen LogP contribution in [0.25, 0.3) is 0 Å². The minimum absolute atomic E-state index is 0.0372. The second kappa shape index (κ2) is 8.39. The maximum Gasteiger partial charge on any atom is 0.244 e. The van der Waals surface area contributed by atoms with Crippen LogP contribution < -0.4 is 14.2 Å². The number of likely N-dealkylation sites (tertiary alicyclic amines) is 1. The molecule has 1 aromatic heterocycles. The Hall–Kier alpha value is -1.61. The average Bonchev–Trinajstić information content (AvgIpc) is 3.35. The molecule has 26 heavy (non-hydrogen) atoms. The second-order valence-corrected chi connectivity index (χ2v) is 8.70. The van der Waals surface area contributed by atoms with Crippen molar-refractivity contribution in [2.24, 2.45) is 0 Å². The first-order valence-corrected chi connectivity index (χ1v) is 11.0. The van der Waals surface area contributed by atoms with E-state index in [0.29, 0.717) is 18.0 Å². The fraction of sp³-hybridized carbons (Fsp3) is 0.444. The molecule has 0 bridgehead atoms. The lowest BCUT2D eigenvalue weighted by atomic mass is 10.1. The lowest BCUT2D eigenvalue weighted by molar-refractivity contribution is 0.247. The number of hydrogen-bond acceptors (Lipinski definition) is 6. The summed E-state index contributed by atoms with van der Waals surface area (Å²) in [5, 5.41) is 4.11. The highest BCUT2D eigenvalue weighted by Gasteiger charge is 2.27. The van der Waals surface area contributed by atoms with Crippen LogP contribution >= 0.6 is 11.3 Å². The average molecular weight is 397 g/mol. The molecule has 1 aliphatic heterocycles. The zero-order valence-corrected chi connectivity index (χ0v) is 16.6. The Labute approximate surface area is 158 Å². The first kappa shape index (κ1) is 19.2. The molecule has 1 N–H and O–H groups in total. The summed E-state index contributed by atoms with van der Waals surface area (Å²) in [6, 6.07) is 6.86. The highest BCUT2D eigenvalue weighted by atomic mass is 32.2. The molecule has 1 aromatic carbocycles. The van der Waals surface area contributed by atoms with Gasteiger partial charge in [0.05, 0.1) is 14.2 Å². The molecule has 0 saturated carbocycles. The summed E-state index contributed by atoms with van der Waals surface area (Å²) in [4.78, 5) is 2.43. The molecule has 0 aliphatic carbocycles. The van der Waals surface area contributed by atoms with E-state index in [1.807, 2.05) is 5.38 Å². The number of nitrogens with zero attached hydrogens (tertiary/aromatic N) is 1. The first-order valence-electron chi connectivity index (χ1n) is 8.53. The molecule has 0 unspecified atom stereocenters. The fourth-order valence-corrected chi connectivity index (χ4v) is 5.16. The quantitative estimate of drug-likeness (QED) is 0.743. The molecule has 1 aliphatic rings. The van der Waals surface area contributed by atoms with Crippen LogP contribution in [0.4, 0.5) is 0 Å². The van der Waals surface area contributed by atoms with Gasteiger partial charge in [-0.05, 0) is 60.5 Å². The third-order valence-electron chi connectivity index (χ3n) is 4.64. The van der Waals surface area contributed by atoms with Crippen LogP contribution in [0.15, 0.2) is 39.9 Å². The third-order valence-corrected chi connectivity index (χ3v) is 6.78. The molecule has 1 fully saturated rings. The first-order chi connectivity index (χ1) is 12.5. The monoisotopic (exact) mass is 396 g/mol. The molecule has 142 valence electrons. The standard InChI is InChI=1S/C18H24N2O4S2/c1-23-15-5-6-17(24-2)18(11-15)26(21,22)19-12-16(14-7-10-25-13-14)20-8-3-4-9-20/h5-7,10-11,13,16,19H,3-4,8-9,12H2,1-2H3/t16-/m0/s1. The van der Waals surface area contributed by atoms with E-state index in [1.165, 1.54) is 20.3 Å². The van der Waals surface area contributed by atoms with Gasteiger partial charge in [0.15, 0.2) is 0 Å².